The van der Waals surface area contributed by atoms with Crippen molar-refractivity contribution in [1.29, 1.82) is 0 Å². The fraction of sp³-hybridized carbons (Fsp3) is 0.429. The Morgan fingerprint density at radius 3 is 2.55 bits per heavy atom. The zero-order chi connectivity index (χ0) is 8.85. The largest absolute Gasteiger partial charge is 0.480 e. The van der Waals surface area contributed by atoms with Gasteiger partial charge in [-0.15, -0.1) is 0 Å². The average molecular weight is 157 g/mol. The summed E-state index contributed by atoms with van der Waals surface area (Å²) in [6.07, 6.45) is 2.72. The van der Waals surface area contributed by atoms with Crippen molar-refractivity contribution in [2.75, 3.05) is 0 Å². The lowest BCUT2D eigenvalue weighted by Gasteiger charge is -2.00. The van der Waals surface area contributed by atoms with Crippen molar-refractivity contribution in [2.24, 2.45) is 5.73 Å². The second kappa shape index (κ2) is 4.62. The van der Waals surface area contributed by atoms with Gasteiger partial charge in [0.1, 0.15) is 6.04 Å². The lowest BCUT2D eigenvalue weighted by atomic mass is 10.1. The smallest absolute Gasteiger partial charge is 0.320 e. The van der Waals surface area contributed by atoms with Crippen LogP contribution >= 0.6 is 0 Å². The molecular weight excluding hydrogens is 146 g/mol. The highest BCUT2D eigenvalue weighted by molar-refractivity contribution is 5.93. The number of carboxylic acid groups (broad SMARTS) is 1. The Balaban J connectivity index is 3.85. The predicted molar refractivity (Wildman–Crippen MR) is 40.0 cm³/mol. The second-order valence-electron chi connectivity index (χ2n) is 2.12. The lowest BCUT2D eigenvalue weighted by molar-refractivity contribution is -0.139. The van der Waals surface area contributed by atoms with Gasteiger partial charge in [0.05, 0.1) is 0 Å². The molecule has 0 aliphatic heterocycles. The van der Waals surface area contributed by atoms with Crippen molar-refractivity contribution in [1.82, 2.24) is 0 Å². The van der Waals surface area contributed by atoms with Crippen LogP contribution < -0.4 is 5.73 Å². The van der Waals surface area contributed by atoms with Gasteiger partial charge in [0.2, 0.25) is 0 Å². The number of carboxylic acids is 1. The maximum atomic E-state index is 10.7. The number of allylic oxidation sites excluding steroid dienone is 2. The first-order chi connectivity index (χ1) is 5.07. The molecule has 1 unspecified atom stereocenters. The number of hydrogen-bond donors (Lipinski definition) is 2. The molecule has 62 valence electrons. The Morgan fingerprint density at radius 2 is 2.18 bits per heavy atom. The van der Waals surface area contributed by atoms with E-state index in [9.17, 15) is 9.59 Å². The Kier molecular flexibility index (Phi) is 4.14. The molecule has 0 aromatic carbocycles. The van der Waals surface area contributed by atoms with E-state index in [4.69, 9.17) is 10.8 Å². The zero-order valence-electron chi connectivity index (χ0n) is 6.28. The highest BCUT2D eigenvalue weighted by Gasteiger charge is 2.13. The van der Waals surface area contributed by atoms with Gasteiger partial charge in [0.15, 0.2) is 5.78 Å². The van der Waals surface area contributed by atoms with Gasteiger partial charge in [-0.2, -0.15) is 0 Å². The van der Waals surface area contributed by atoms with Crippen LogP contribution in [0, 0.1) is 0 Å². The van der Waals surface area contributed by atoms with Crippen molar-refractivity contribution in [3.8, 4) is 0 Å². The van der Waals surface area contributed by atoms with Crippen LogP contribution in [0.4, 0.5) is 0 Å². The first-order valence-corrected chi connectivity index (χ1v) is 3.22. The quantitative estimate of drug-likeness (QED) is 0.560. The molecule has 4 nitrogen and oxygen atoms in total. The maximum absolute atomic E-state index is 10.7. The maximum Gasteiger partial charge on any atom is 0.320 e. The Labute approximate surface area is 64.7 Å². The first kappa shape index (κ1) is 9.84. The van der Waals surface area contributed by atoms with Crippen LogP contribution in [-0.2, 0) is 9.59 Å². The summed E-state index contributed by atoms with van der Waals surface area (Å²) in [5.41, 5.74) is 5.09. The van der Waals surface area contributed by atoms with Crippen molar-refractivity contribution < 1.29 is 14.7 Å². The van der Waals surface area contributed by atoms with Crippen LogP contribution in [0.15, 0.2) is 12.2 Å². The van der Waals surface area contributed by atoms with Gasteiger partial charge in [-0.3, -0.25) is 9.59 Å². The molecule has 0 aromatic heterocycles. The van der Waals surface area contributed by atoms with Gasteiger partial charge in [-0.1, -0.05) is 6.08 Å². The molecule has 0 saturated carbocycles. The van der Waals surface area contributed by atoms with E-state index in [1.165, 1.54) is 6.08 Å². The van der Waals surface area contributed by atoms with Crippen LogP contribution in [0.1, 0.15) is 13.3 Å². The standard InChI is InChI=1S/C7H11NO3/c1-2-3-5(9)4-6(8)7(10)11/h2-3,6H,4,8H2,1H3,(H,10,11)/b3-2+. The molecule has 0 spiro atoms. The zero-order valence-corrected chi connectivity index (χ0v) is 6.28. The van der Waals surface area contributed by atoms with Crippen molar-refractivity contribution in [3.05, 3.63) is 12.2 Å². The molecule has 11 heavy (non-hydrogen) atoms. The van der Waals surface area contributed by atoms with Crippen molar-refractivity contribution in [3.63, 3.8) is 0 Å². The van der Waals surface area contributed by atoms with E-state index in [0.717, 1.165) is 0 Å². The van der Waals surface area contributed by atoms with Crippen LogP contribution in [0.5, 0.6) is 0 Å². The molecule has 0 aromatic rings. The number of rotatable bonds is 4. The minimum Gasteiger partial charge on any atom is -0.480 e. The number of aliphatic carboxylic acids is 1. The summed E-state index contributed by atoms with van der Waals surface area (Å²) < 4.78 is 0. The monoisotopic (exact) mass is 157 g/mol. The lowest BCUT2D eigenvalue weighted by Crippen LogP contribution is -2.32. The summed E-state index contributed by atoms with van der Waals surface area (Å²) in [7, 11) is 0. The van der Waals surface area contributed by atoms with E-state index in [0.29, 0.717) is 0 Å². The highest BCUT2D eigenvalue weighted by atomic mass is 16.4. The third-order valence-electron chi connectivity index (χ3n) is 1.09. The average Bonchev–Trinajstić information content (AvgIpc) is 1.87. The van der Waals surface area contributed by atoms with E-state index >= 15 is 0 Å². The van der Waals surface area contributed by atoms with Crippen LogP contribution in [0.2, 0.25) is 0 Å². The van der Waals surface area contributed by atoms with Gasteiger partial charge in [0.25, 0.3) is 0 Å². The Bertz CT molecular complexity index is 186. The minimum atomic E-state index is -1.15. The van der Waals surface area contributed by atoms with Crippen LogP contribution in [0.3, 0.4) is 0 Å². The van der Waals surface area contributed by atoms with Gasteiger partial charge in [-0.25, -0.2) is 0 Å². The number of ketones is 1. The topological polar surface area (TPSA) is 80.4 Å². The van der Waals surface area contributed by atoms with Crippen LogP contribution in [0.25, 0.3) is 0 Å². The molecule has 0 heterocycles. The van der Waals surface area contributed by atoms with E-state index in [-0.39, 0.29) is 12.2 Å². The molecule has 0 aliphatic carbocycles. The molecular formula is C7H11NO3. The van der Waals surface area contributed by atoms with Gasteiger partial charge in [0, 0.05) is 6.42 Å². The Hall–Kier alpha value is -1.16. The molecule has 3 N–H and O–H groups in total. The fourth-order valence-electron chi connectivity index (χ4n) is 0.558. The van der Waals surface area contributed by atoms with E-state index in [1.807, 2.05) is 0 Å². The first-order valence-electron chi connectivity index (χ1n) is 3.22. The summed E-state index contributed by atoms with van der Waals surface area (Å²) in [5.74, 6) is -1.41. The molecule has 1 atom stereocenters. The van der Waals surface area contributed by atoms with Gasteiger partial charge >= 0.3 is 5.97 Å². The summed E-state index contributed by atoms with van der Waals surface area (Å²) in [6.45, 7) is 1.68. The van der Waals surface area contributed by atoms with Gasteiger partial charge < -0.3 is 10.8 Å². The number of nitrogens with two attached hydrogens (primary N) is 1. The van der Waals surface area contributed by atoms with Crippen molar-refractivity contribution >= 4 is 11.8 Å². The summed E-state index contributed by atoms with van der Waals surface area (Å²) in [6, 6.07) is -1.08. The number of carbonyl (C=O) groups excluding carboxylic acids is 1. The highest BCUT2D eigenvalue weighted by Crippen LogP contribution is 1.91. The van der Waals surface area contributed by atoms with E-state index in [1.54, 1.807) is 13.0 Å². The third-order valence-corrected chi connectivity index (χ3v) is 1.09. The van der Waals surface area contributed by atoms with Crippen molar-refractivity contribution in [2.45, 2.75) is 19.4 Å². The molecule has 0 bridgehead atoms. The normalized spacial score (nSPS) is 13.3. The summed E-state index contributed by atoms with van der Waals surface area (Å²) in [5, 5.41) is 8.30. The second-order valence-corrected chi connectivity index (χ2v) is 2.12. The number of hydrogen-bond acceptors (Lipinski definition) is 3. The van der Waals surface area contributed by atoms with E-state index in [2.05, 4.69) is 0 Å². The summed E-state index contributed by atoms with van der Waals surface area (Å²) >= 11 is 0. The predicted octanol–water partition coefficient (Wildman–Crippen LogP) is -0.0664. The molecule has 0 fully saturated rings. The molecule has 0 amide bonds. The molecule has 0 saturated heterocycles. The van der Waals surface area contributed by atoms with E-state index < -0.39 is 12.0 Å². The Morgan fingerprint density at radius 1 is 1.64 bits per heavy atom. The number of carbonyl (C=O) groups is 2. The third kappa shape index (κ3) is 4.27. The molecule has 0 radical (unpaired) electrons. The van der Waals surface area contributed by atoms with Crippen LogP contribution in [-0.4, -0.2) is 22.9 Å². The molecule has 4 heteroatoms. The summed E-state index contributed by atoms with van der Waals surface area (Å²) in [4.78, 5) is 20.9. The fourth-order valence-corrected chi connectivity index (χ4v) is 0.558. The molecule has 0 rings (SSSR count). The SMILES string of the molecule is C/C=C/C(=O)CC(N)C(=O)O. The molecule has 0 aliphatic rings. The minimum absolute atomic E-state index is 0.139. The van der Waals surface area contributed by atoms with Gasteiger partial charge in [-0.05, 0) is 13.0 Å².